The maximum Gasteiger partial charge on any atom is 0.333 e. The molecule has 0 aliphatic carbocycles. The lowest BCUT2D eigenvalue weighted by molar-refractivity contribution is -0.134. The highest BCUT2D eigenvalue weighted by molar-refractivity contribution is 6.30. The molecular weight excluding hydrogens is 256 g/mol. The second kappa shape index (κ2) is 4.92. The molecule has 0 saturated carbocycles. The van der Waals surface area contributed by atoms with E-state index in [-0.39, 0.29) is 5.57 Å². The molecule has 0 radical (unpaired) electrons. The van der Waals surface area contributed by atoms with Gasteiger partial charge in [0.05, 0.1) is 0 Å². The van der Waals surface area contributed by atoms with Crippen LogP contribution in [0.5, 0.6) is 0 Å². The molecule has 1 aromatic carbocycles. The highest BCUT2D eigenvalue weighted by atomic mass is 16.2. The minimum absolute atomic E-state index is 0.00144. The van der Waals surface area contributed by atoms with Gasteiger partial charge in [0.25, 0.3) is 11.8 Å². The minimum atomic E-state index is -0.613. The first-order valence-corrected chi connectivity index (χ1v) is 6.22. The van der Waals surface area contributed by atoms with Gasteiger partial charge in [0.15, 0.2) is 0 Å². The largest absolute Gasteiger partial charge is 0.333 e. The lowest BCUT2D eigenvalue weighted by Gasteiger charge is -2.28. The van der Waals surface area contributed by atoms with Crippen molar-refractivity contribution < 1.29 is 14.4 Å². The number of carbonyl (C=O) groups is 3. The van der Waals surface area contributed by atoms with Crippen molar-refractivity contribution in [3.63, 3.8) is 0 Å². The van der Waals surface area contributed by atoms with E-state index >= 15 is 0 Å². The summed E-state index contributed by atoms with van der Waals surface area (Å²) in [6.45, 7) is 3.89. The van der Waals surface area contributed by atoms with Crippen molar-refractivity contribution in [2.24, 2.45) is 0 Å². The van der Waals surface area contributed by atoms with Crippen LogP contribution in [-0.4, -0.2) is 41.7 Å². The van der Waals surface area contributed by atoms with E-state index in [1.165, 1.54) is 14.1 Å². The number of hydrogen-bond donors (Lipinski definition) is 0. The van der Waals surface area contributed by atoms with Gasteiger partial charge in [-0.1, -0.05) is 23.8 Å². The Morgan fingerprint density at radius 3 is 2.00 bits per heavy atom. The van der Waals surface area contributed by atoms with Crippen molar-refractivity contribution in [2.45, 2.75) is 13.8 Å². The summed E-state index contributed by atoms with van der Waals surface area (Å²) in [4.78, 5) is 37.6. The molecule has 0 bridgehead atoms. The summed E-state index contributed by atoms with van der Waals surface area (Å²) in [5.74, 6) is -1.14. The van der Waals surface area contributed by atoms with Crippen molar-refractivity contribution in [3.8, 4) is 0 Å². The number of urea groups is 1. The summed E-state index contributed by atoms with van der Waals surface area (Å²) >= 11 is 0. The molecule has 1 aliphatic rings. The standard InChI is InChI=1S/C15H16N2O3/c1-9-5-6-11(10(2)7-9)8-12-13(18)16(3)15(20)17(4)14(12)19/h5-8H,1-4H3. The molecule has 1 saturated heterocycles. The number of benzene rings is 1. The Morgan fingerprint density at radius 2 is 1.50 bits per heavy atom. The van der Waals surface area contributed by atoms with Crippen LogP contribution < -0.4 is 0 Å². The Balaban J connectivity index is 2.49. The average Bonchev–Trinajstić information content (AvgIpc) is 2.41. The number of aryl methyl sites for hydroxylation is 2. The molecule has 104 valence electrons. The number of rotatable bonds is 1. The predicted molar refractivity (Wildman–Crippen MR) is 74.8 cm³/mol. The average molecular weight is 272 g/mol. The normalized spacial score (nSPS) is 16.0. The number of nitrogens with zero attached hydrogens (tertiary/aromatic N) is 2. The van der Waals surface area contributed by atoms with E-state index in [0.29, 0.717) is 0 Å². The molecule has 1 aliphatic heterocycles. The first-order chi connectivity index (χ1) is 9.32. The van der Waals surface area contributed by atoms with Crippen LogP contribution >= 0.6 is 0 Å². The number of barbiturate groups is 1. The fourth-order valence-corrected chi connectivity index (χ4v) is 2.12. The van der Waals surface area contributed by atoms with Crippen LogP contribution in [0.15, 0.2) is 23.8 Å². The van der Waals surface area contributed by atoms with E-state index in [9.17, 15) is 14.4 Å². The molecule has 1 heterocycles. The van der Waals surface area contributed by atoms with Gasteiger partial charge in [-0.25, -0.2) is 4.79 Å². The molecule has 1 aromatic rings. The zero-order valence-electron chi connectivity index (χ0n) is 11.9. The van der Waals surface area contributed by atoms with E-state index in [4.69, 9.17) is 0 Å². The van der Waals surface area contributed by atoms with Gasteiger partial charge in [-0.2, -0.15) is 0 Å². The van der Waals surface area contributed by atoms with E-state index in [0.717, 1.165) is 26.5 Å². The van der Waals surface area contributed by atoms with Crippen molar-refractivity contribution in [1.82, 2.24) is 9.80 Å². The number of amides is 4. The van der Waals surface area contributed by atoms with Crippen molar-refractivity contribution >= 4 is 23.9 Å². The zero-order chi connectivity index (χ0) is 15.0. The maximum absolute atomic E-state index is 12.1. The summed E-state index contributed by atoms with van der Waals surface area (Å²) in [7, 11) is 2.73. The summed E-state index contributed by atoms with van der Waals surface area (Å²) in [6, 6.07) is 5.13. The van der Waals surface area contributed by atoms with Crippen LogP contribution in [0, 0.1) is 13.8 Å². The molecular formula is C15H16N2O3. The quantitative estimate of drug-likeness (QED) is 0.578. The fourth-order valence-electron chi connectivity index (χ4n) is 2.12. The third kappa shape index (κ3) is 2.22. The van der Waals surface area contributed by atoms with E-state index < -0.39 is 17.8 Å². The van der Waals surface area contributed by atoms with Crippen molar-refractivity contribution in [1.29, 1.82) is 0 Å². The summed E-state index contributed by atoms with van der Waals surface area (Å²) in [5.41, 5.74) is 2.88. The molecule has 2 rings (SSSR count). The predicted octanol–water partition coefficient (Wildman–Crippen LogP) is 1.74. The van der Waals surface area contributed by atoms with E-state index in [2.05, 4.69) is 0 Å². The van der Waals surface area contributed by atoms with E-state index in [1.807, 2.05) is 32.0 Å². The molecule has 4 amide bonds. The Hall–Kier alpha value is -2.43. The fraction of sp³-hybridized carbons (Fsp3) is 0.267. The number of likely N-dealkylation sites (N-methyl/N-ethyl adjacent to an activating group) is 2. The summed E-state index contributed by atoms with van der Waals surface area (Å²) in [5, 5.41) is 0. The molecule has 0 atom stereocenters. The van der Waals surface area contributed by atoms with Crippen LogP contribution in [0.2, 0.25) is 0 Å². The van der Waals surface area contributed by atoms with Crippen LogP contribution in [-0.2, 0) is 9.59 Å². The monoisotopic (exact) mass is 272 g/mol. The van der Waals surface area contributed by atoms with Gasteiger partial charge in [0.2, 0.25) is 0 Å². The molecule has 20 heavy (non-hydrogen) atoms. The SMILES string of the molecule is Cc1ccc(C=C2C(=O)N(C)C(=O)N(C)C2=O)c(C)c1. The zero-order valence-corrected chi connectivity index (χ0v) is 11.9. The topological polar surface area (TPSA) is 57.7 Å². The Morgan fingerprint density at radius 1 is 0.950 bits per heavy atom. The third-order valence-corrected chi connectivity index (χ3v) is 3.37. The van der Waals surface area contributed by atoms with Crippen LogP contribution in [0.4, 0.5) is 4.79 Å². The summed E-state index contributed by atoms with van der Waals surface area (Å²) in [6.07, 6.45) is 1.54. The molecule has 0 spiro atoms. The van der Waals surface area contributed by atoms with Crippen molar-refractivity contribution in [3.05, 3.63) is 40.5 Å². The van der Waals surface area contributed by atoms with Gasteiger partial charge in [0, 0.05) is 14.1 Å². The van der Waals surface area contributed by atoms with Crippen LogP contribution in [0.25, 0.3) is 6.08 Å². The molecule has 5 heteroatoms. The molecule has 0 aromatic heterocycles. The highest BCUT2D eigenvalue weighted by Crippen LogP contribution is 2.20. The maximum atomic E-state index is 12.1. The van der Waals surface area contributed by atoms with Gasteiger partial charge in [-0.15, -0.1) is 0 Å². The van der Waals surface area contributed by atoms with Gasteiger partial charge >= 0.3 is 6.03 Å². The van der Waals surface area contributed by atoms with Gasteiger partial charge in [0.1, 0.15) is 5.57 Å². The van der Waals surface area contributed by atoms with Gasteiger partial charge in [-0.3, -0.25) is 19.4 Å². The third-order valence-electron chi connectivity index (χ3n) is 3.37. The second-order valence-corrected chi connectivity index (χ2v) is 4.93. The number of imide groups is 2. The van der Waals surface area contributed by atoms with Crippen LogP contribution in [0.1, 0.15) is 16.7 Å². The molecule has 0 N–H and O–H groups in total. The molecule has 0 unspecified atom stereocenters. The first-order valence-electron chi connectivity index (χ1n) is 6.22. The van der Waals surface area contributed by atoms with E-state index in [1.54, 1.807) is 6.08 Å². The van der Waals surface area contributed by atoms with Gasteiger partial charge in [-0.05, 0) is 31.1 Å². The smallest absolute Gasteiger partial charge is 0.268 e. The lowest BCUT2D eigenvalue weighted by Crippen LogP contribution is -2.52. The highest BCUT2D eigenvalue weighted by Gasteiger charge is 2.37. The van der Waals surface area contributed by atoms with Crippen LogP contribution in [0.3, 0.4) is 0 Å². The van der Waals surface area contributed by atoms with Gasteiger partial charge < -0.3 is 0 Å². The lowest BCUT2D eigenvalue weighted by atomic mass is 10.0. The second-order valence-electron chi connectivity index (χ2n) is 4.93. The minimum Gasteiger partial charge on any atom is -0.268 e. The Labute approximate surface area is 117 Å². The number of hydrogen-bond acceptors (Lipinski definition) is 3. The first kappa shape index (κ1) is 14.0. The number of carbonyl (C=O) groups excluding carboxylic acids is 3. The molecule has 1 fully saturated rings. The Kier molecular flexibility index (Phi) is 3.44. The summed E-state index contributed by atoms with van der Waals surface area (Å²) < 4.78 is 0. The molecule has 5 nitrogen and oxygen atoms in total. The van der Waals surface area contributed by atoms with Crippen molar-refractivity contribution in [2.75, 3.05) is 14.1 Å². The Bertz CT molecular complexity index is 621.